The molecule has 1 aliphatic heterocycles. The second-order valence-corrected chi connectivity index (χ2v) is 3.01. The molecule has 1 rings (SSSR count). The van der Waals surface area contributed by atoms with E-state index in [2.05, 4.69) is 0 Å². The normalized spacial score (nSPS) is 23.8. The number of carbonyl (C=O) groups is 1. The van der Waals surface area contributed by atoms with Crippen LogP contribution in [-0.2, 0) is 14.3 Å². The third-order valence-electron chi connectivity index (χ3n) is 2.20. The minimum Gasteiger partial charge on any atom is -0.481 e. The highest BCUT2D eigenvalue weighted by Crippen LogP contribution is 2.30. The molecule has 0 aliphatic carbocycles. The van der Waals surface area contributed by atoms with E-state index in [1.807, 2.05) is 6.92 Å². The topological polar surface area (TPSA) is 55.8 Å². The summed E-state index contributed by atoms with van der Waals surface area (Å²) in [6.07, 6.45) is 0.520. The van der Waals surface area contributed by atoms with E-state index in [9.17, 15) is 4.79 Å². The van der Waals surface area contributed by atoms with Crippen LogP contribution in [0.4, 0.5) is 0 Å². The highest BCUT2D eigenvalue weighted by Gasteiger charge is 2.43. The van der Waals surface area contributed by atoms with Crippen LogP contribution in [0, 0.1) is 5.92 Å². The van der Waals surface area contributed by atoms with Gasteiger partial charge in [0.05, 0.1) is 13.2 Å². The van der Waals surface area contributed by atoms with Crippen molar-refractivity contribution >= 4 is 5.97 Å². The number of hydrogen-bond acceptors (Lipinski definition) is 3. The number of hydrogen-bond donors (Lipinski definition) is 1. The van der Waals surface area contributed by atoms with Crippen molar-refractivity contribution in [2.24, 2.45) is 5.92 Å². The molecule has 0 radical (unpaired) electrons. The molecule has 1 heterocycles. The molecule has 0 unspecified atom stereocenters. The molecule has 1 saturated heterocycles. The fourth-order valence-electron chi connectivity index (χ4n) is 1.50. The average molecular weight is 174 g/mol. The number of aliphatic carboxylic acids is 1. The Morgan fingerprint density at radius 1 is 1.58 bits per heavy atom. The Balaban J connectivity index is 2.69. The Bertz CT molecular complexity index is 172. The van der Waals surface area contributed by atoms with E-state index in [1.54, 1.807) is 6.92 Å². The van der Waals surface area contributed by atoms with Crippen LogP contribution in [0.1, 0.15) is 20.3 Å². The molecule has 0 aromatic rings. The van der Waals surface area contributed by atoms with Crippen molar-refractivity contribution in [1.82, 2.24) is 0 Å². The zero-order valence-corrected chi connectivity index (χ0v) is 7.37. The largest absolute Gasteiger partial charge is 0.481 e. The summed E-state index contributed by atoms with van der Waals surface area (Å²) in [5.41, 5.74) is 0. The fraction of sp³-hybridized carbons (Fsp3) is 0.875. The van der Waals surface area contributed by atoms with E-state index < -0.39 is 17.7 Å². The van der Waals surface area contributed by atoms with Gasteiger partial charge in [-0.25, -0.2) is 0 Å². The molecule has 0 aromatic heterocycles. The van der Waals surface area contributed by atoms with Crippen molar-refractivity contribution in [3.05, 3.63) is 0 Å². The van der Waals surface area contributed by atoms with Crippen molar-refractivity contribution < 1.29 is 19.4 Å². The SMILES string of the molecule is CC[C@@H](C(=O)O)C1(C)OCCO1. The predicted octanol–water partition coefficient (Wildman–Crippen LogP) is 0.860. The lowest BCUT2D eigenvalue weighted by Gasteiger charge is -2.28. The maximum Gasteiger partial charge on any atom is 0.311 e. The van der Waals surface area contributed by atoms with Gasteiger partial charge in [0.2, 0.25) is 0 Å². The molecule has 0 bridgehead atoms. The highest BCUT2D eigenvalue weighted by molar-refractivity contribution is 5.71. The van der Waals surface area contributed by atoms with Gasteiger partial charge in [-0.3, -0.25) is 4.79 Å². The summed E-state index contributed by atoms with van der Waals surface area (Å²) in [4.78, 5) is 10.8. The Hall–Kier alpha value is -0.610. The van der Waals surface area contributed by atoms with Gasteiger partial charge in [-0.05, 0) is 13.3 Å². The zero-order chi connectivity index (χ0) is 9.19. The molecule has 0 aromatic carbocycles. The first-order valence-corrected chi connectivity index (χ1v) is 4.11. The number of carboxylic acid groups (broad SMARTS) is 1. The van der Waals surface area contributed by atoms with Crippen molar-refractivity contribution in [1.29, 1.82) is 0 Å². The van der Waals surface area contributed by atoms with E-state index in [-0.39, 0.29) is 0 Å². The molecule has 1 atom stereocenters. The Morgan fingerprint density at radius 2 is 2.08 bits per heavy atom. The van der Waals surface area contributed by atoms with Gasteiger partial charge < -0.3 is 14.6 Å². The van der Waals surface area contributed by atoms with Gasteiger partial charge in [-0.2, -0.15) is 0 Å². The van der Waals surface area contributed by atoms with Gasteiger partial charge in [-0.15, -0.1) is 0 Å². The molecule has 0 spiro atoms. The number of carboxylic acids is 1. The van der Waals surface area contributed by atoms with Gasteiger partial charge in [0, 0.05) is 0 Å². The van der Waals surface area contributed by atoms with E-state index in [0.717, 1.165) is 0 Å². The third kappa shape index (κ3) is 1.59. The Kier molecular flexibility index (Phi) is 2.69. The van der Waals surface area contributed by atoms with Crippen LogP contribution >= 0.6 is 0 Å². The first kappa shape index (κ1) is 9.48. The summed E-state index contributed by atoms with van der Waals surface area (Å²) < 4.78 is 10.5. The summed E-state index contributed by atoms with van der Waals surface area (Å²) in [6, 6.07) is 0. The first-order valence-electron chi connectivity index (χ1n) is 4.11. The lowest BCUT2D eigenvalue weighted by Crippen LogP contribution is -2.40. The van der Waals surface area contributed by atoms with Crippen LogP contribution < -0.4 is 0 Å². The molecule has 0 saturated carbocycles. The first-order chi connectivity index (χ1) is 5.60. The van der Waals surface area contributed by atoms with Gasteiger partial charge in [0.15, 0.2) is 5.79 Å². The summed E-state index contributed by atoms with van der Waals surface area (Å²) in [7, 11) is 0. The summed E-state index contributed by atoms with van der Waals surface area (Å²) in [6.45, 7) is 4.47. The van der Waals surface area contributed by atoms with Crippen LogP contribution in [0.2, 0.25) is 0 Å². The minimum atomic E-state index is -0.916. The summed E-state index contributed by atoms with van der Waals surface area (Å²) in [5.74, 6) is -2.34. The lowest BCUT2D eigenvalue weighted by molar-refractivity contribution is -0.197. The van der Waals surface area contributed by atoms with Gasteiger partial charge in [0.1, 0.15) is 5.92 Å². The molecule has 70 valence electrons. The van der Waals surface area contributed by atoms with Crippen molar-refractivity contribution in [2.75, 3.05) is 13.2 Å². The summed E-state index contributed by atoms with van der Waals surface area (Å²) in [5, 5.41) is 8.84. The van der Waals surface area contributed by atoms with Gasteiger partial charge in [0.25, 0.3) is 0 Å². The predicted molar refractivity (Wildman–Crippen MR) is 41.7 cm³/mol. The number of rotatable bonds is 3. The van der Waals surface area contributed by atoms with E-state index in [1.165, 1.54) is 0 Å². The van der Waals surface area contributed by atoms with Crippen LogP contribution in [-0.4, -0.2) is 30.1 Å². The molecule has 4 heteroatoms. The standard InChI is InChI=1S/C8H14O4/c1-3-6(7(9)10)8(2)11-4-5-12-8/h6H,3-5H2,1-2H3,(H,9,10)/t6-/m0/s1. The monoisotopic (exact) mass is 174 g/mol. The second kappa shape index (κ2) is 3.41. The van der Waals surface area contributed by atoms with Crippen molar-refractivity contribution in [3.63, 3.8) is 0 Å². The van der Waals surface area contributed by atoms with Crippen LogP contribution in [0.25, 0.3) is 0 Å². The van der Waals surface area contributed by atoms with Crippen LogP contribution in [0.3, 0.4) is 0 Å². The second-order valence-electron chi connectivity index (χ2n) is 3.01. The molecular formula is C8H14O4. The average Bonchev–Trinajstić information content (AvgIpc) is 2.37. The van der Waals surface area contributed by atoms with Gasteiger partial charge >= 0.3 is 5.97 Å². The molecular weight excluding hydrogens is 160 g/mol. The Labute approximate surface area is 71.5 Å². The third-order valence-corrected chi connectivity index (χ3v) is 2.20. The quantitative estimate of drug-likeness (QED) is 0.689. The molecule has 0 amide bonds. The van der Waals surface area contributed by atoms with Crippen LogP contribution in [0.5, 0.6) is 0 Å². The van der Waals surface area contributed by atoms with Crippen molar-refractivity contribution in [3.8, 4) is 0 Å². The smallest absolute Gasteiger partial charge is 0.311 e. The van der Waals surface area contributed by atoms with Crippen LogP contribution in [0.15, 0.2) is 0 Å². The fourth-order valence-corrected chi connectivity index (χ4v) is 1.50. The van der Waals surface area contributed by atoms with Gasteiger partial charge in [-0.1, -0.05) is 6.92 Å². The maximum absolute atomic E-state index is 10.8. The molecule has 1 N–H and O–H groups in total. The zero-order valence-electron chi connectivity index (χ0n) is 7.37. The van der Waals surface area contributed by atoms with E-state index in [0.29, 0.717) is 19.6 Å². The van der Waals surface area contributed by atoms with E-state index in [4.69, 9.17) is 14.6 Å². The van der Waals surface area contributed by atoms with Crippen molar-refractivity contribution in [2.45, 2.75) is 26.1 Å². The Morgan fingerprint density at radius 3 is 2.42 bits per heavy atom. The highest BCUT2D eigenvalue weighted by atomic mass is 16.7. The summed E-state index contributed by atoms with van der Waals surface area (Å²) >= 11 is 0. The molecule has 1 aliphatic rings. The molecule has 4 nitrogen and oxygen atoms in total. The maximum atomic E-state index is 10.8. The minimum absolute atomic E-state index is 0.486. The van der Waals surface area contributed by atoms with E-state index >= 15 is 0 Å². The number of ether oxygens (including phenoxy) is 2. The molecule has 1 fully saturated rings. The lowest BCUT2D eigenvalue weighted by atomic mass is 9.97. The molecule has 12 heavy (non-hydrogen) atoms.